The van der Waals surface area contributed by atoms with Gasteiger partial charge in [-0.1, -0.05) is 13.8 Å². The molecular formula is C13H20F3N3S. The van der Waals surface area contributed by atoms with Gasteiger partial charge in [0.05, 0.1) is 17.6 Å². The molecule has 20 heavy (non-hydrogen) atoms. The minimum Gasteiger partial charge on any atom is -0.396 e. The fraction of sp³-hybridized carbons (Fsp3) is 0.615. The molecule has 0 aliphatic rings. The van der Waals surface area contributed by atoms with E-state index >= 15 is 0 Å². The van der Waals surface area contributed by atoms with E-state index in [4.69, 9.17) is 5.73 Å². The number of aromatic nitrogens is 1. The van der Waals surface area contributed by atoms with E-state index in [0.29, 0.717) is 6.54 Å². The van der Waals surface area contributed by atoms with Crippen molar-refractivity contribution in [2.24, 2.45) is 0 Å². The van der Waals surface area contributed by atoms with Crippen LogP contribution >= 0.6 is 11.8 Å². The number of thioether (sulfide) groups is 1. The SMILES string of the molecule is CCC(CC)(CNc1cc(C(F)(F)F)ncc1N)SC. The van der Waals surface area contributed by atoms with Gasteiger partial charge >= 0.3 is 6.18 Å². The fourth-order valence-electron chi connectivity index (χ4n) is 1.89. The molecule has 7 heteroatoms. The molecule has 0 fully saturated rings. The lowest BCUT2D eigenvalue weighted by atomic mass is 10.0. The van der Waals surface area contributed by atoms with Gasteiger partial charge in [-0.25, -0.2) is 4.98 Å². The first-order valence-corrected chi connectivity index (χ1v) is 7.62. The van der Waals surface area contributed by atoms with Crippen LogP contribution in [0.5, 0.6) is 0 Å². The second kappa shape index (κ2) is 6.56. The quantitative estimate of drug-likeness (QED) is 0.833. The van der Waals surface area contributed by atoms with Gasteiger partial charge in [-0.3, -0.25) is 0 Å². The van der Waals surface area contributed by atoms with Crippen molar-refractivity contribution < 1.29 is 13.2 Å². The lowest BCUT2D eigenvalue weighted by Gasteiger charge is -2.30. The third-order valence-corrected chi connectivity index (χ3v) is 5.14. The molecular weight excluding hydrogens is 287 g/mol. The largest absolute Gasteiger partial charge is 0.433 e. The zero-order valence-corrected chi connectivity index (χ0v) is 12.7. The van der Waals surface area contributed by atoms with E-state index in [9.17, 15) is 13.2 Å². The zero-order chi connectivity index (χ0) is 15.4. The van der Waals surface area contributed by atoms with Crippen LogP contribution in [-0.2, 0) is 6.18 Å². The van der Waals surface area contributed by atoms with Crippen LogP contribution in [0, 0.1) is 0 Å². The summed E-state index contributed by atoms with van der Waals surface area (Å²) in [5.74, 6) is 0. The number of anilines is 2. The van der Waals surface area contributed by atoms with Gasteiger partial charge < -0.3 is 11.1 Å². The number of hydrogen-bond acceptors (Lipinski definition) is 4. The number of rotatable bonds is 6. The molecule has 1 aromatic rings. The van der Waals surface area contributed by atoms with E-state index in [2.05, 4.69) is 24.1 Å². The first-order chi connectivity index (χ1) is 9.28. The maximum atomic E-state index is 12.6. The van der Waals surface area contributed by atoms with Crippen molar-refractivity contribution in [2.75, 3.05) is 23.9 Å². The minimum atomic E-state index is -4.46. The molecule has 0 aromatic carbocycles. The fourth-order valence-corrected chi connectivity index (χ4v) is 2.69. The molecule has 1 heterocycles. The van der Waals surface area contributed by atoms with E-state index in [1.807, 2.05) is 6.26 Å². The predicted molar refractivity (Wildman–Crippen MR) is 79.0 cm³/mol. The van der Waals surface area contributed by atoms with Crippen molar-refractivity contribution in [1.82, 2.24) is 4.98 Å². The molecule has 0 saturated heterocycles. The minimum absolute atomic E-state index is 0.00585. The number of halogens is 3. The molecule has 0 spiro atoms. The van der Waals surface area contributed by atoms with Gasteiger partial charge in [0.15, 0.2) is 0 Å². The Morgan fingerprint density at radius 2 is 1.90 bits per heavy atom. The standard InChI is InChI=1S/C13H20F3N3S/c1-4-12(5-2,20-3)8-19-10-6-11(13(14,15)16)18-7-9(10)17/h6-7H,4-5,8,17H2,1-3H3,(H,18,19). The Balaban J connectivity index is 2.92. The molecule has 0 saturated carbocycles. The van der Waals surface area contributed by atoms with Gasteiger partial charge in [-0.15, -0.1) is 0 Å². The second-order valence-electron chi connectivity index (χ2n) is 4.60. The third-order valence-electron chi connectivity index (χ3n) is 3.55. The van der Waals surface area contributed by atoms with Crippen molar-refractivity contribution in [3.05, 3.63) is 18.0 Å². The molecule has 3 nitrogen and oxygen atoms in total. The highest BCUT2D eigenvalue weighted by molar-refractivity contribution is 8.00. The lowest BCUT2D eigenvalue weighted by Crippen LogP contribution is -2.32. The van der Waals surface area contributed by atoms with Crippen LogP contribution in [0.15, 0.2) is 12.3 Å². The molecule has 0 amide bonds. The molecule has 0 bridgehead atoms. The Hall–Kier alpha value is -1.11. The van der Waals surface area contributed by atoms with Crippen molar-refractivity contribution >= 4 is 23.1 Å². The molecule has 3 N–H and O–H groups in total. The van der Waals surface area contributed by atoms with Gasteiger partial charge in [0.25, 0.3) is 0 Å². The molecule has 0 atom stereocenters. The average Bonchev–Trinajstić information content (AvgIpc) is 2.41. The molecule has 114 valence electrons. The Morgan fingerprint density at radius 1 is 1.30 bits per heavy atom. The van der Waals surface area contributed by atoms with Gasteiger partial charge in [0.1, 0.15) is 5.69 Å². The normalized spacial score (nSPS) is 12.5. The zero-order valence-electron chi connectivity index (χ0n) is 11.8. The molecule has 1 aromatic heterocycles. The summed E-state index contributed by atoms with van der Waals surface area (Å²) in [5.41, 5.74) is 5.26. The van der Waals surface area contributed by atoms with Crippen LogP contribution in [0.3, 0.4) is 0 Å². The number of nitrogens with two attached hydrogens (primary N) is 1. The van der Waals surface area contributed by atoms with Crippen LogP contribution in [-0.4, -0.2) is 22.5 Å². The summed E-state index contributed by atoms with van der Waals surface area (Å²) >= 11 is 1.71. The number of alkyl halides is 3. The number of nitrogens with zero attached hydrogens (tertiary/aromatic N) is 1. The summed E-state index contributed by atoms with van der Waals surface area (Å²) in [4.78, 5) is 3.32. The lowest BCUT2D eigenvalue weighted by molar-refractivity contribution is -0.141. The average molecular weight is 307 g/mol. The topological polar surface area (TPSA) is 50.9 Å². The van der Waals surface area contributed by atoms with Crippen molar-refractivity contribution in [2.45, 2.75) is 37.6 Å². The summed E-state index contributed by atoms with van der Waals surface area (Å²) in [6, 6.07) is 0.964. The molecule has 0 aliphatic heterocycles. The van der Waals surface area contributed by atoms with Crippen molar-refractivity contribution in [3.63, 3.8) is 0 Å². The first kappa shape index (κ1) is 16.9. The Morgan fingerprint density at radius 3 is 2.35 bits per heavy atom. The van der Waals surface area contributed by atoms with E-state index in [1.165, 1.54) is 0 Å². The summed E-state index contributed by atoms with van der Waals surface area (Å²) in [7, 11) is 0. The summed E-state index contributed by atoms with van der Waals surface area (Å²) in [5, 5.41) is 3.03. The Kier molecular flexibility index (Phi) is 5.56. The number of pyridine rings is 1. The highest BCUT2D eigenvalue weighted by Crippen LogP contribution is 2.34. The molecule has 0 aliphatic carbocycles. The smallest absolute Gasteiger partial charge is 0.396 e. The van der Waals surface area contributed by atoms with Gasteiger partial charge in [-0.05, 0) is 25.2 Å². The Labute approximate surface area is 121 Å². The highest BCUT2D eigenvalue weighted by atomic mass is 32.2. The van der Waals surface area contributed by atoms with Crippen LogP contribution in [0.4, 0.5) is 24.5 Å². The summed E-state index contributed by atoms with van der Waals surface area (Å²) < 4.78 is 37.9. The summed E-state index contributed by atoms with van der Waals surface area (Å²) in [6.07, 6.45) is 0.440. The molecule has 0 radical (unpaired) electrons. The van der Waals surface area contributed by atoms with Crippen LogP contribution < -0.4 is 11.1 Å². The van der Waals surface area contributed by atoms with Crippen LogP contribution in [0.1, 0.15) is 32.4 Å². The second-order valence-corrected chi connectivity index (χ2v) is 5.88. The van der Waals surface area contributed by atoms with E-state index in [1.54, 1.807) is 11.8 Å². The van der Waals surface area contributed by atoms with Crippen LogP contribution in [0.25, 0.3) is 0 Å². The molecule has 0 unspecified atom stereocenters. The van der Waals surface area contributed by atoms with Gasteiger partial charge in [0, 0.05) is 11.3 Å². The van der Waals surface area contributed by atoms with E-state index in [0.717, 1.165) is 25.1 Å². The maximum Gasteiger partial charge on any atom is 0.433 e. The maximum absolute atomic E-state index is 12.6. The van der Waals surface area contributed by atoms with E-state index in [-0.39, 0.29) is 16.1 Å². The number of hydrogen-bond donors (Lipinski definition) is 2. The van der Waals surface area contributed by atoms with Crippen molar-refractivity contribution in [3.8, 4) is 0 Å². The number of nitrogen functional groups attached to an aromatic ring is 1. The van der Waals surface area contributed by atoms with Gasteiger partial charge in [-0.2, -0.15) is 24.9 Å². The Bertz CT molecular complexity index is 437. The highest BCUT2D eigenvalue weighted by Gasteiger charge is 2.33. The monoisotopic (exact) mass is 307 g/mol. The van der Waals surface area contributed by atoms with E-state index < -0.39 is 11.9 Å². The van der Waals surface area contributed by atoms with Gasteiger partial charge in [0.2, 0.25) is 0 Å². The molecule has 1 rings (SSSR count). The van der Waals surface area contributed by atoms with Crippen LogP contribution in [0.2, 0.25) is 0 Å². The first-order valence-electron chi connectivity index (χ1n) is 6.39. The summed E-state index contributed by atoms with van der Waals surface area (Å²) in [6.45, 7) is 4.70. The van der Waals surface area contributed by atoms with Crippen molar-refractivity contribution in [1.29, 1.82) is 0 Å². The number of nitrogens with one attached hydrogen (secondary N) is 1. The predicted octanol–water partition coefficient (Wildman–Crippen LogP) is 4.02. The third kappa shape index (κ3) is 3.94.